The van der Waals surface area contributed by atoms with E-state index in [1.165, 1.54) is 32.1 Å². The molecule has 1 aliphatic rings. The maximum Gasteiger partial charge on any atom is 0.162 e. The molecule has 1 fully saturated rings. The monoisotopic (exact) mass is 352 g/mol. The zero-order valence-corrected chi connectivity index (χ0v) is 14.4. The number of halogens is 1. The first-order valence-electron chi connectivity index (χ1n) is 8.09. The number of hydrogen-bond acceptors (Lipinski definition) is 2. The minimum absolute atomic E-state index is 0.209. The summed E-state index contributed by atoms with van der Waals surface area (Å²) in [5.74, 6) is 1.05. The van der Waals surface area contributed by atoms with Crippen molar-refractivity contribution in [2.45, 2.75) is 58.0 Å². The Morgan fingerprint density at radius 3 is 2.76 bits per heavy atom. The van der Waals surface area contributed by atoms with Crippen molar-refractivity contribution in [3.63, 3.8) is 0 Å². The van der Waals surface area contributed by atoms with Gasteiger partial charge in [-0.3, -0.25) is 4.79 Å². The lowest BCUT2D eigenvalue weighted by molar-refractivity contribution is 0.0109. The van der Waals surface area contributed by atoms with Crippen LogP contribution in [0.5, 0.6) is 0 Å². The molecule has 1 aromatic carbocycles. The summed E-state index contributed by atoms with van der Waals surface area (Å²) >= 11 is 3.38. The van der Waals surface area contributed by atoms with Crippen LogP contribution in [0.25, 0.3) is 0 Å². The minimum Gasteiger partial charge on any atom is -0.378 e. The van der Waals surface area contributed by atoms with Crippen LogP contribution in [0, 0.1) is 5.92 Å². The van der Waals surface area contributed by atoms with Gasteiger partial charge in [-0.1, -0.05) is 54.2 Å². The van der Waals surface area contributed by atoms with Crippen molar-refractivity contribution in [3.05, 3.63) is 34.3 Å². The van der Waals surface area contributed by atoms with Crippen molar-refractivity contribution >= 4 is 21.7 Å². The average Bonchev–Trinajstić information content (AvgIpc) is 2.52. The first-order chi connectivity index (χ1) is 10.2. The van der Waals surface area contributed by atoms with E-state index in [1.54, 1.807) is 0 Å². The van der Waals surface area contributed by atoms with Gasteiger partial charge in [0.15, 0.2) is 5.78 Å². The molecular formula is C18H25BrO2. The number of ketones is 1. The second-order valence-corrected chi connectivity index (χ2v) is 6.88. The van der Waals surface area contributed by atoms with Gasteiger partial charge in [0.1, 0.15) is 0 Å². The van der Waals surface area contributed by atoms with Gasteiger partial charge in [-0.25, -0.2) is 0 Å². The Hall–Kier alpha value is -0.670. The number of carbonyl (C=O) groups excluding carboxylic acids is 1. The average molecular weight is 353 g/mol. The number of benzene rings is 1. The summed E-state index contributed by atoms with van der Waals surface area (Å²) in [5.41, 5.74) is 0.793. The molecule has 0 aromatic heterocycles. The van der Waals surface area contributed by atoms with Crippen LogP contribution in [0.2, 0.25) is 0 Å². The molecule has 21 heavy (non-hydrogen) atoms. The molecule has 1 aliphatic carbocycles. The summed E-state index contributed by atoms with van der Waals surface area (Å²) < 4.78 is 6.97. The molecule has 1 saturated carbocycles. The van der Waals surface area contributed by atoms with E-state index in [2.05, 4.69) is 22.9 Å². The number of ether oxygens (including phenoxy) is 1. The second kappa shape index (κ2) is 8.70. The quantitative estimate of drug-likeness (QED) is 0.485. The van der Waals surface area contributed by atoms with Crippen LogP contribution >= 0.6 is 15.9 Å². The van der Waals surface area contributed by atoms with Gasteiger partial charge < -0.3 is 4.74 Å². The Bertz CT molecular complexity index is 441. The van der Waals surface area contributed by atoms with Crippen LogP contribution in [0.15, 0.2) is 28.7 Å². The van der Waals surface area contributed by atoms with Gasteiger partial charge in [0.2, 0.25) is 0 Å². The summed E-state index contributed by atoms with van der Waals surface area (Å²) in [6.07, 6.45) is 8.13. The van der Waals surface area contributed by atoms with Crippen LogP contribution in [-0.2, 0) is 4.74 Å². The predicted octanol–water partition coefficient (Wildman–Crippen LogP) is 5.40. The van der Waals surface area contributed by atoms with E-state index < -0.39 is 0 Å². The molecule has 2 nitrogen and oxygen atoms in total. The number of carbonyl (C=O) groups is 1. The molecule has 2 unspecified atom stereocenters. The minimum atomic E-state index is 0.209. The third kappa shape index (κ3) is 5.55. The molecule has 2 atom stereocenters. The molecule has 116 valence electrons. The molecule has 0 saturated heterocycles. The van der Waals surface area contributed by atoms with Gasteiger partial charge in [0, 0.05) is 23.1 Å². The van der Waals surface area contributed by atoms with Crippen LogP contribution in [0.1, 0.15) is 62.2 Å². The van der Waals surface area contributed by atoms with E-state index in [-0.39, 0.29) is 5.78 Å². The lowest BCUT2D eigenvalue weighted by Crippen LogP contribution is -2.23. The Labute approximate surface area is 136 Å². The smallest absolute Gasteiger partial charge is 0.162 e. The largest absolute Gasteiger partial charge is 0.378 e. The van der Waals surface area contributed by atoms with E-state index >= 15 is 0 Å². The summed E-state index contributed by atoms with van der Waals surface area (Å²) in [4.78, 5) is 12.0. The van der Waals surface area contributed by atoms with E-state index in [0.29, 0.717) is 19.1 Å². The second-order valence-electron chi connectivity index (χ2n) is 5.97. The number of rotatable bonds is 7. The van der Waals surface area contributed by atoms with Gasteiger partial charge >= 0.3 is 0 Å². The molecule has 0 aliphatic heterocycles. The lowest BCUT2D eigenvalue weighted by atomic mass is 9.85. The van der Waals surface area contributed by atoms with E-state index in [1.807, 2.05) is 24.3 Å². The fraction of sp³-hybridized carbons (Fsp3) is 0.611. The first kappa shape index (κ1) is 16.7. The third-order valence-electron chi connectivity index (χ3n) is 4.38. The Morgan fingerprint density at radius 2 is 2.05 bits per heavy atom. The molecule has 3 heteroatoms. The highest BCUT2D eigenvalue weighted by atomic mass is 79.9. The van der Waals surface area contributed by atoms with Gasteiger partial charge in [0.05, 0.1) is 6.10 Å². The van der Waals surface area contributed by atoms with Gasteiger partial charge in [0.25, 0.3) is 0 Å². The van der Waals surface area contributed by atoms with E-state index in [0.717, 1.165) is 22.4 Å². The molecule has 0 radical (unpaired) electrons. The van der Waals surface area contributed by atoms with Crippen molar-refractivity contribution in [1.29, 1.82) is 0 Å². The van der Waals surface area contributed by atoms with Crippen LogP contribution in [0.3, 0.4) is 0 Å². The molecule has 2 rings (SSSR count). The molecule has 0 bridgehead atoms. The number of hydrogen-bond donors (Lipinski definition) is 0. The van der Waals surface area contributed by atoms with Crippen molar-refractivity contribution in [1.82, 2.24) is 0 Å². The summed E-state index contributed by atoms with van der Waals surface area (Å²) in [6.45, 7) is 2.98. The zero-order chi connectivity index (χ0) is 15.1. The highest BCUT2D eigenvalue weighted by molar-refractivity contribution is 9.10. The summed E-state index contributed by atoms with van der Waals surface area (Å²) in [6, 6.07) is 7.58. The maximum absolute atomic E-state index is 12.0. The molecule has 0 spiro atoms. The highest BCUT2D eigenvalue weighted by Gasteiger charge is 2.20. The van der Waals surface area contributed by atoms with E-state index in [9.17, 15) is 4.79 Å². The van der Waals surface area contributed by atoms with Gasteiger partial charge in [-0.15, -0.1) is 0 Å². The zero-order valence-electron chi connectivity index (χ0n) is 12.8. The molecule has 0 amide bonds. The third-order valence-corrected chi connectivity index (χ3v) is 4.91. The van der Waals surface area contributed by atoms with Crippen LogP contribution in [0.4, 0.5) is 0 Å². The Kier molecular flexibility index (Phi) is 6.91. The van der Waals surface area contributed by atoms with Crippen LogP contribution in [-0.4, -0.2) is 18.5 Å². The van der Waals surface area contributed by atoms with Crippen molar-refractivity contribution in [2.75, 3.05) is 6.61 Å². The maximum atomic E-state index is 12.0. The van der Waals surface area contributed by atoms with Gasteiger partial charge in [-0.2, -0.15) is 0 Å². The standard InChI is InChI=1S/C18H25BrO2/c1-2-14-5-3-6-17(13-14)21-12-4-7-18(20)15-8-10-16(19)11-9-15/h8-11,14,17H,2-7,12-13H2,1H3. The fourth-order valence-corrected chi connectivity index (χ4v) is 3.29. The van der Waals surface area contributed by atoms with E-state index in [4.69, 9.17) is 4.74 Å². The lowest BCUT2D eigenvalue weighted by Gasteiger charge is -2.28. The first-order valence-corrected chi connectivity index (χ1v) is 8.88. The summed E-state index contributed by atoms with van der Waals surface area (Å²) in [7, 11) is 0. The highest BCUT2D eigenvalue weighted by Crippen LogP contribution is 2.28. The van der Waals surface area contributed by atoms with Crippen molar-refractivity contribution in [2.24, 2.45) is 5.92 Å². The molecule has 1 aromatic rings. The SMILES string of the molecule is CCC1CCCC(OCCCC(=O)c2ccc(Br)cc2)C1. The topological polar surface area (TPSA) is 26.3 Å². The molecule has 0 N–H and O–H groups in total. The normalized spacial score (nSPS) is 22.2. The van der Waals surface area contributed by atoms with Crippen LogP contribution < -0.4 is 0 Å². The summed E-state index contributed by atoms with van der Waals surface area (Å²) in [5, 5.41) is 0. The molecular weight excluding hydrogens is 328 g/mol. The Morgan fingerprint density at radius 1 is 1.29 bits per heavy atom. The van der Waals surface area contributed by atoms with Gasteiger partial charge in [-0.05, 0) is 37.3 Å². The Balaban J connectivity index is 1.65. The van der Waals surface area contributed by atoms with Crippen molar-refractivity contribution in [3.8, 4) is 0 Å². The fourth-order valence-electron chi connectivity index (χ4n) is 3.03. The predicted molar refractivity (Wildman–Crippen MR) is 89.7 cm³/mol. The van der Waals surface area contributed by atoms with Crippen molar-refractivity contribution < 1.29 is 9.53 Å². The number of Topliss-reactive ketones (excluding diaryl/α,β-unsaturated/α-hetero) is 1. The molecule has 0 heterocycles.